The molecule has 1 amide bonds. The summed E-state index contributed by atoms with van der Waals surface area (Å²) < 4.78 is 53.8. The third-order valence-electron chi connectivity index (χ3n) is 3.93. The highest BCUT2D eigenvalue weighted by Gasteiger charge is 2.25. The lowest BCUT2D eigenvalue weighted by atomic mass is 10.0. The van der Waals surface area contributed by atoms with Crippen LogP contribution in [0.5, 0.6) is 11.5 Å². The first-order valence-corrected chi connectivity index (χ1v) is 8.54. The molecule has 1 heterocycles. The second kappa shape index (κ2) is 8.44. The molecule has 0 spiro atoms. The maximum atomic E-state index is 14.3. The van der Waals surface area contributed by atoms with Crippen molar-refractivity contribution in [2.24, 2.45) is 0 Å². The summed E-state index contributed by atoms with van der Waals surface area (Å²) in [6.45, 7) is -1.61. The van der Waals surface area contributed by atoms with Gasteiger partial charge in [0.25, 0.3) is 5.91 Å². The Morgan fingerprint density at radius 1 is 1.24 bits per heavy atom. The molecule has 0 fully saturated rings. The van der Waals surface area contributed by atoms with Gasteiger partial charge in [-0.3, -0.25) is 4.79 Å². The molecule has 0 atom stereocenters. The van der Waals surface area contributed by atoms with Crippen molar-refractivity contribution in [3.05, 3.63) is 58.6 Å². The van der Waals surface area contributed by atoms with Crippen molar-refractivity contribution in [1.29, 1.82) is 0 Å². The number of carbonyl (C=O) groups is 1. The Morgan fingerprint density at radius 2 is 2.00 bits per heavy atom. The van der Waals surface area contributed by atoms with Crippen LogP contribution in [-0.4, -0.2) is 24.8 Å². The maximum absolute atomic E-state index is 14.3. The highest BCUT2D eigenvalue weighted by atomic mass is 35.5. The highest BCUT2D eigenvalue weighted by Crippen LogP contribution is 2.35. The van der Waals surface area contributed by atoms with Gasteiger partial charge in [0.05, 0.1) is 17.7 Å². The third-order valence-corrected chi connectivity index (χ3v) is 4.24. The first kappa shape index (κ1) is 20.5. The highest BCUT2D eigenvalue weighted by molar-refractivity contribution is 6.33. The molecule has 1 aromatic heterocycles. The average Bonchev–Trinajstić information content (AvgIpc) is 3.02. The molecule has 3 rings (SSSR count). The SMILES string of the molecule is COc1ccc(NC(=O)c2c(-c3c(F)cccc3Cl)noc2C)cc1OC(F)F. The summed E-state index contributed by atoms with van der Waals surface area (Å²) in [7, 11) is 1.29. The number of hydrogen-bond acceptors (Lipinski definition) is 5. The van der Waals surface area contributed by atoms with Gasteiger partial charge in [-0.15, -0.1) is 0 Å². The Labute approximate surface area is 168 Å². The van der Waals surface area contributed by atoms with Crippen molar-refractivity contribution in [3.8, 4) is 22.8 Å². The number of halogens is 4. The van der Waals surface area contributed by atoms with Gasteiger partial charge in [0.15, 0.2) is 11.5 Å². The molecular weight excluding hydrogens is 413 g/mol. The van der Waals surface area contributed by atoms with E-state index in [1.54, 1.807) is 0 Å². The van der Waals surface area contributed by atoms with Crippen molar-refractivity contribution in [2.45, 2.75) is 13.5 Å². The van der Waals surface area contributed by atoms with Gasteiger partial charge in [-0.25, -0.2) is 4.39 Å². The minimum absolute atomic E-state index is 0.0458. The molecule has 0 unspecified atom stereocenters. The number of amides is 1. The molecule has 152 valence electrons. The summed E-state index contributed by atoms with van der Waals surface area (Å²) in [5.74, 6) is -1.47. The van der Waals surface area contributed by atoms with Crippen molar-refractivity contribution in [3.63, 3.8) is 0 Å². The number of aromatic nitrogens is 1. The van der Waals surface area contributed by atoms with Crippen LogP contribution in [0, 0.1) is 12.7 Å². The van der Waals surface area contributed by atoms with E-state index in [1.807, 2.05) is 0 Å². The predicted octanol–water partition coefficient (Wildman–Crippen LogP) is 5.30. The number of nitrogens with zero attached hydrogens (tertiary/aromatic N) is 1. The number of anilines is 1. The number of benzene rings is 2. The van der Waals surface area contributed by atoms with Crippen LogP contribution < -0.4 is 14.8 Å². The lowest BCUT2D eigenvalue weighted by Gasteiger charge is -2.12. The lowest BCUT2D eigenvalue weighted by molar-refractivity contribution is -0.0511. The van der Waals surface area contributed by atoms with Crippen molar-refractivity contribution in [1.82, 2.24) is 5.16 Å². The maximum Gasteiger partial charge on any atom is 0.387 e. The Hall–Kier alpha value is -3.20. The molecule has 0 saturated heterocycles. The fourth-order valence-corrected chi connectivity index (χ4v) is 2.92. The molecule has 0 saturated carbocycles. The molecule has 6 nitrogen and oxygen atoms in total. The average molecular weight is 427 g/mol. The van der Waals surface area contributed by atoms with E-state index in [9.17, 15) is 18.0 Å². The van der Waals surface area contributed by atoms with Gasteiger partial charge >= 0.3 is 6.61 Å². The second-order valence-electron chi connectivity index (χ2n) is 5.76. The molecule has 0 aliphatic carbocycles. The summed E-state index contributed by atoms with van der Waals surface area (Å²) in [6, 6.07) is 7.97. The molecule has 0 aliphatic heterocycles. The number of hydrogen-bond donors (Lipinski definition) is 1. The van der Waals surface area contributed by atoms with E-state index in [-0.39, 0.29) is 44.8 Å². The molecule has 1 N–H and O–H groups in total. The number of rotatable bonds is 6. The minimum Gasteiger partial charge on any atom is -0.493 e. The van der Waals surface area contributed by atoms with Crippen LogP contribution in [0.25, 0.3) is 11.3 Å². The Morgan fingerprint density at radius 3 is 2.66 bits per heavy atom. The number of carbonyl (C=O) groups excluding carboxylic acids is 1. The molecule has 3 aromatic rings. The molecule has 0 aliphatic rings. The smallest absolute Gasteiger partial charge is 0.387 e. The van der Waals surface area contributed by atoms with Gasteiger partial charge in [0, 0.05) is 11.8 Å². The van der Waals surface area contributed by atoms with Crippen LogP contribution in [-0.2, 0) is 0 Å². The van der Waals surface area contributed by atoms with E-state index in [1.165, 1.54) is 50.4 Å². The van der Waals surface area contributed by atoms with Crippen molar-refractivity contribution >= 4 is 23.2 Å². The summed E-state index contributed by atoms with van der Waals surface area (Å²) in [5.41, 5.74) is -0.0879. The molecule has 10 heteroatoms. The number of nitrogens with one attached hydrogen (secondary N) is 1. The van der Waals surface area contributed by atoms with Gasteiger partial charge in [0.2, 0.25) is 0 Å². The van der Waals surface area contributed by atoms with Crippen LogP contribution in [0.2, 0.25) is 5.02 Å². The van der Waals surface area contributed by atoms with Gasteiger partial charge < -0.3 is 19.3 Å². The summed E-state index contributed by atoms with van der Waals surface area (Å²) in [6.07, 6.45) is 0. The summed E-state index contributed by atoms with van der Waals surface area (Å²) in [4.78, 5) is 12.8. The van der Waals surface area contributed by atoms with Crippen LogP contribution in [0.4, 0.5) is 18.9 Å². The Balaban J connectivity index is 1.96. The normalized spacial score (nSPS) is 10.9. The molecule has 2 aromatic carbocycles. The van der Waals surface area contributed by atoms with Gasteiger partial charge in [-0.2, -0.15) is 8.78 Å². The monoisotopic (exact) mass is 426 g/mol. The summed E-state index contributed by atoms with van der Waals surface area (Å²) >= 11 is 6.06. The first-order valence-electron chi connectivity index (χ1n) is 8.16. The van der Waals surface area contributed by atoms with Crippen LogP contribution in [0.15, 0.2) is 40.9 Å². The van der Waals surface area contributed by atoms with E-state index in [2.05, 4.69) is 15.2 Å². The van der Waals surface area contributed by atoms with Crippen LogP contribution >= 0.6 is 11.6 Å². The Kier molecular flexibility index (Phi) is 5.97. The fraction of sp³-hybridized carbons (Fsp3) is 0.158. The lowest BCUT2D eigenvalue weighted by Crippen LogP contribution is -2.14. The van der Waals surface area contributed by atoms with Crippen molar-refractivity contribution in [2.75, 3.05) is 12.4 Å². The van der Waals surface area contributed by atoms with Crippen LogP contribution in [0.1, 0.15) is 16.1 Å². The van der Waals surface area contributed by atoms with Gasteiger partial charge in [-0.05, 0) is 31.2 Å². The van der Waals surface area contributed by atoms with Crippen LogP contribution in [0.3, 0.4) is 0 Å². The zero-order valence-electron chi connectivity index (χ0n) is 15.1. The van der Waals surface area contributed by atoms with Crippen molar-refractivity contribution < 1.29 is 32.0 Å². The molecule has 0 radical (unpaired) electrons. The molecular formula is C19H14ClF3N2O4. The van der Waals surface area contributed by atoms with E-state index < -0.39 is 18.3 Å². The van der Waals surface area contributed by atoms with E-state index in [0.29, 0.717) is 0 Å². The molecule has 29 heavy (non-hydrogen) atoms. The standard InChI is InChI=1S/C19H14ClF3N2O4/c1-9-15(17(25-29-9)16-11(20)4-3-5-12(16)21)18(26)24-10-6-7-13(27-2)14(8-10)28-19(22)23/h3-8,19H,1-2H3,(H,24,26). The zero-order valence-corrected chi connectivity index (χ0v) is 15.9. The zero-order chi connectivity index (χ0) is 21.1. The number of ether oxygens (including phenoxy) is 2. The minimum atomic E-state index is -3.08. The number of alkyl halides is 2. The number of methoxy groups -OCH3 is 1. The largest absolute Gasteiger partial charge is 0.493 e. The predicted molar refractivity (Wildman–Crippen MR) is 99.2 cm³/mol. The fourth-order valence-electron chi connectivity index (χ4n) is 2.67. The second-order valence-corrected chi connectivity index (χ2v) is 6.16. The summed E-state index contributed by atoms with van der Waals surface area (Å²) in [5, 5.41) is 6.31. The first-order chi connectivity index (χ1) is 13.8. The van der Waals surface area contributed by atoms with Gasteiger partial charge in [-0.1, -0.05) is 22.8 Å². The van der Waals surface area contributed by atoms with E-state index in [4.69, 9.17) is 20.9 Å². The topological polar surface area (TPSA) is 73.6 Å². The van der Waals surface area contributed by atoms with E-state index >= 15 is 0 Å². The molecule has 0 bridgehead atoms. The van der Waals surface area contributed by atoms with E-state index in [0.717, 1.165) is 0 Å². The number of aryl methyl sites for hydroxylation is 1. The van der Waals surface area contributed by atoms with Gasteiger partial charge in [0.1, 0.15) is 22.8 Å². The third kappa shape index (κ3) is 4.29. The Bertz CT molecular complexity index is 1040. The quantitative estimate of drug-likeness (QED) is 0.578.